The van der Waals surface area contributed by atoms with Gasteiger partial charge in [-0.05, 0) is 45.4 Å². The van der Waals surface area contributed by atoms with Gasteiger partial charge in [0.15, 0.2) is 10.8 Å². The van der Waals surface area contributed by atoms with E-state index in [0.717, 1.165) is 22.9 Å². The molecule has 2 aromatic rings. The third-order valence-corrected chi connectivity index (χ3v) is 4.40. The summed E-state index contributed by atoms with van der Waals surface area (Å²) in [5, 5.41) is 4.36. The normalized spacial score (nSPS) is 19.3. The van der Waals surface area contributed by atoms with Gasteiger partial charge in [-0.25, -0.2) is 4.98 Å². The van der Waals surface area contributed by atoms with Gasteiger partial charge in [0, 0.05) is 4.88 Å². The molecule has 1 unspecified atom stereocenters. The first kappa shape index (κ1) is 11.0. The van der Waals surface area contributed by atoms with E-state index in [0.29, 0.717) is 6.04 Å². The highest BCUT2D eigenvalue weighted by atomic mass is 32.1. The van der Waals surface area contributed by atoms with E-state index in [1.54, 1.807) is 11.3 Å². The van der Waals surface area contributed by atoms with E-state index in [1.807, 2.05) is 26.1 Å². The highest BCUT2D eigenvalue weighted by Gasteiger charge is 2.24. The van der Waals surface area contributed by atoms with Crippen molar-refractivity contribution in [2.24, 2.45) is 0 Å². The minimum atomic E-state index is 0.416. The van der Waals surface area contributed by atoms with Crippen LogP contribution in [-0.2, 0) is 6.42 Å². The van der Waals surface area contributed by atoms with Gasteiger partial charge in [-0.2, -0.15) is 0 Å². The molecule has 90 valence electrons. The maximum Gasteiger partial charge on any atom is 0.162 e. The molecule has 0 saturated carbocycles. The third kappa shape index (κ3) is 1.91. The molecule has 0 radical (unpaired) electrons. The molecule has 0 bridgehead atoms. The van der Waals surface area contributed by atoms with Gasteiger partial charge in [0.05, 0.1) is 11.7 Å². The SMILES string of the molecule is CNC1CCCc2sc(-c3ccc(C)o3)nc21. The van der Waals surface area contributed by atoms with E-state index >= 15 is 0 Å². The van der Waals surface area contributed by atoms with Crippen LogP contribution >= 0.6 is 11.3 Å². The summed E-state index contributed by atoms with van der Waals surface area (Å²) in [5.74, 6) is 1.84. The van der Waals surface area contributed by atoms with Gasteiger partial charge in [0.2, 0.25) is 0 Å². The fourth-order valence-electron chi connectivity index (χ4n) is 2.35. The second-order valence-electron chi connectivity index (χ2n) is 4.47. The third-order valence-electron chi connectivity index (χ3n) is 3.25. The smallest absolute Gasteiger partial charge is 0.162 e. The van der Waals surface area contributed by atoms with Gasteiger partial charge in [0.25, 0.3) is 0 Å². The molecule has 2 heterocycles. The van der Waals surface area contributed by atoms with E-state index in [-0.39, 0.29) is 0 Å². The number of aromatic nitrogens is 1. The fraction of sp³-hybridized carbons (Fsp3) is 0.462. The number of aryl methyl sites for hydroxylation is 2. The Hall–Kier alpha value is -1.13. The number of fused-ring (bicyclic) bond motifs is 1. The van der Waals surface area contributed by atoms with E-state index in [1.165, 1.54) is 23.4 Å². The van der Waals surface area contributed by atoms with Crippen molar-refractivity contribution in [2.75, 3.05) is 7.05 Å². The largest absolute Gasteiger partial charge is 0.459 e. The standard InChI is InChI=1S/C13H16N2OS/c1-8-6-7-10(16-8)13-15-12-9(14-2)4-3-5-11(12)17-13/h6-7,9,14H,3-5H2,1-2H3. The average molecular weight is 248 g/mol. The van der Waals surface area contributed by atoms with Crippen molar-refractivity contribution in [3.63, 3.8) is 0 Å². The first-order chi connectivity index (χ1) is 8.28. The number of hydrogen-bond donors (Lipinski definition) is 1. The fourth-order valence-corrected chi connectivity index (χ4v) is 3.48. The van der Waals surface area contributed by atoms with Crippen molar-refractivity contribution in [3.8, 4) is 10.8 Å². The molecule has 2 aromatic heterocycles. The molecule has 4 heteroatoms. The molecule has 0 fully saturated rings. The van der Waals surface area contributed by atoms with Crippen LogP contribution in [0.15, 0.2) is 16.5 Å². The zero-order valence-corrected chi connectivity index (χ0v) is 10.9. The minimum Gasteiger partial charge on any atom is -0.459 e. The second-order valence-corrected chi connectivity index (χ2v) is 5.55. The number of furan rings is 1. The van der Waals surface area contributed by atoms with Crippen molar-refractivity contribution >= 4 is 11.3 Å². The van der Waals surface area contributed by atoms with E-state index in [9.17, 15) is 0 Å². The molecule has 1 atom stereocenters. The van der Waals surface area contributed by atoms with Gasteiger partial charge in [-0.1, -0.05) is 0 Å². The molecule has 3 rings (SSSR count). The molecule has 1 aliphatic rings. The lowest BCUT2D eigenvalue weighted by atomic mass is 9.98. The Bertz CT molecular complexity index is 529. The second kappa shape index (κ2) is 4.27. The van der Waals surface area contributed by atoms with Crippen LogP contribution in [0.3, 0.4) is 0 Å². The molecule has 0 spiro atoms. The Balaban J connectivity index is 2.01. The van der Waals surface area contributed by atoms with Gasteiger partial charge in [-0.3, -0.25) is 0 Å². The van der Waals surface area contributed by atoms with Crippen molar-refractivity contribution in [1.29, 1.82) is 0 Å². The minimum absolute atomic E-state index is 0.416. The molecular formula is C13H16N2OS. The molecule has 0 aliphatic heterocycles. The molecule has 1 N–H and O–H groups in total. The molecule has 0 amide bonds. The summed E-state index contributed by atoms with van der Waals surface area (Å²) in [6.45, 7) is 1.97. The first-order valence-electron chi connectivity index (χ1n) is 6.01. The highest BCUT2D eigenvalue weighted by molar-refractivity contribution is 7.15. The van der Waals surface area contributed by atoms with Crippen LogP contribution in [0.1, 0.15) is 35.2 Å². The van der Waals surface area contributed by atoms with Crippen molar-refractivity contribution in [1.82, 2.24) is 10.3 Å². The predicted octanol–water partition coefficient (Wildman–Crippen LogP) is 3.31. The lowest BCUT2D eigenvalue weighted by Gasteiger charge is -2.19. The Morgan fingerprint density at radius 3 is 3.06 bits per heavy atom. The summed E-state index contributed by atoms with van der Waals surface area (Å²) in [6.07, 6.45) is 3.59. The van der Waals surface area contributed by atoms with Crippen molar-refractivity contribution in [3.05, 3.63) is 28.5 Å². The van der Waals surface area contributed by atoms with Crippen LogP contribution in [0.25, 0.3) is 10.8 Å². The van der Waals surface area contributed by atoms with Gasteiger partial charge in [-0.15, -0.1) is 11.3 Å². The molecule has 0 saturated heterocycles. The Kier molecular flexibility index (Phi) is 2.76. The Morgan fingerprint density at radius 2 is 2.35 bits per heavy atom. The monoisotopic (exact) mass is 248 g/mol. The zero-order chi connectivity index (χ0) is 11.8. The number of nitrogens with zero attached hydrogens (tertiary/aromatic N) is 1. The first-order valence-corrected chi connectivity index (χ1v) is 6.83. The molecular weight excluding hydrogens is 232 g/mol. The Labute approximate surface area is 105 Å². The van der Waals surface area contributed by atoms with Crippen LogP contribution in [0, 0.1) is 6.92 Å². The van der Waals surface area contributed by atoms with E-state index in [2.05, 4.69) is 5.32 Å². The summed E-state index contributed by atoms with van der Waals surface area (Å²) in [4.78, 5) is 6.17. The zero-order valence-electron chi connectivity index (χ0n) is 10.1. The molecule has 1 aliphatic carbocycles. The average Bonchev–Trinajstić information content (AvgIpc) is 2.93. The predicted molar refractivity (Wildman–Crippen MR) is 69.3 cm³/mol. The van der Waals surface area contributed by atoms with Crippen molar-refractivity contribution in [2.45, 2.75) is 32.2 Å². The van der Waals surface area contributed by atoms with Crippen LogP contribution in [-0.4, -0.2) is 12.0 Å². The Morgan fingerprint density at radius 1 is 1.47 bits per heavy atom. The quantitative estimate of drug-likeness (QED) is 0.886. The van der Waals surface area contributed by atoms with Gasteiger partial charge >= 0.3 is 0 Å². The van der Waals surface area contributed by atoms with Crippen LogP contribution in [0.4, 0.5) is 0 Å². The van der Waals surface area contributed by atoms with Crippen LogP contribution in [0.5, 0.6) is 0 Å². The van der Waals surface area contributed by atoms with Crippen LogP contribution < -0.4 is 5.32 Å². The van der Waals surface area contributed by atoms with E-state index in [4.69, 9.17) is 9.40 Å². The molecule has 0 aromatic carbocycles. The molecule has 3 nitrogen and oxygen atoms in total. The van der Waals surface area contributed by atoms with Gasteiger partial charge in [0.1, 0.15) is 5.76 Å². The maximum absolute atomic E-state index is 5.64. The van der Waals surface area contributed by atoms with E-state index < -0.39 is 0 Å². The molecule has 17 heavy (non-hydrogen) atoms. The topological polar surface area (TPSA) is 38.1 Å². The summed E-state index contributed by atoms with van der Waals surface area (Å²) >= 11 is 1.78. The number of thiazole rings is 1. The van der Waals surface area contributed by atoms with Crippen molar-refractivity contribution < 1.29 is 4.42 Å². The van der Waals surface area contributed by atoms with Gasteiger partial charge < -0.3 is 9.73 Å². The summed E-state index contributed by atoms with van der Waals surface area (Å²) in [7, 11) is 2.01. The summed E-state index contributed by atoms with van der Waals surface area (Å²) in [6, 6.07) is 4.42. The highest BCUT2D eigenvalue weighted by Crippen LogP contribution is 2.37. The van der Waals surface area contributed by atoms with Crippen LogP contribution in [0.2, 0.25) is 0 Å². The lowest BCUT2D eigenvalue weighted by Crippen LogP contribution is -2.21. The lowest BCUT2D eigenvalue weighted by molar-refractivity contribution is 0.489. The number of nitrogens with one attached hydrogen (secondary N) is 1. The summed E-state index contributed by atoms with van der Waals surface area (Å²) in [5.41, 5.74) is 1.23. The maximum atomic E-state index is 5.64. The number of hydrogen-bond acceptors (Lipinski definition) is 4. The summed E-state index contributed by atoms with van der Waals surface area (Å²) < 4.78 is 5.64. The number of rotatable bonds is 2.